The molecule has 2 amide bonds. The number of amides is 2. The lowest BCUT2D eigenvalue weighted by atomic mass is 10.0. The van der Waals surface area contributed by atoms with Gasteiger partial charge in [-0.1, -0.05) is 12.1 Å². The van der Waals surface area contributed by atoms with Crippen LogP contribution in [0.15, 0.2) is 71.7 Å². The second kappa shape index (κ2) is 11.1. The third-order valence-corrected chi connectivity index (χ3v) is 5.87. The third kappa shape index (κ3) is 5.81. The van der Waals surface area contributed by atoms with Gasteiger partial charge in [0.2, 0.25) is 5.91 Å². The molecule has 0 bridgehead atoms. The van der Waals surface area contributed by atoms with E-state index in [2.05, 4.69) is 15.0 Å². The SMILES string of the molecule is COC(=O)Nc1ccc(C(=Nc2ccc(N(C)C(=O)CN(C)C)cc2)c2c(O)[nH]c3cc(F)ccc23)cc1. The quantitative estimate of drug-likeness (QED) is 0.303. The Balaban J connectivity index is 1.77. The largest absolute Gasteiger partial charge is 0.494 e. The van der Waals surface area contributed by atoms with Crippen molar-refractivity contribution in [3.05, 3.63) is 83.7 Å². The molecular formula is C28H28FN5O4. The fourth-order valence-electron chi connectivity index (χ4n) is 3.94. The van der Waals surface area contributed by atoms with Gasteiger partial charge in [-0.2, -0.15) is 0 Å². The highest BCUT2D eigenvalue weighted by Gasteiger charge is 2.20. The summed E-state index contributed by atoms with van der Waals surface area (Å²) in [5, 5.41) is 14.0. The first-order chi connectivity index (χ1) is 18.2. The van der Waals surface area contributed by atoms with E-state index in [0.717, 1.165) is 0 Å². The number of ether oxygens (including phenoxy) is 1. The first kappa shape index (κ1) is 26.4. The Morgan fingerprint density at radius 3 is 2.34 bits per heavy atom. The fraction of sp³-hybridized carbons (Fsp3) is 0.179. The van der Waals surface area contributed by atoms with Crippen LogP contribution in [-0.4, -0.2) is 67.5 Å². The highest BCUT2D eigenvalue weighted by molar-refractivity contribution is 6.22. The molecule has 10 heteroatoms. The predicted molar refractivity (Wildman–Crippen MR) is 146 cm³/mol. The number of rotatable bonds is 7. The molecule has 9 nitrogen and oxygen atoms in total. The molecule has 0 radical (unpaired) electrons. The van der Waals surface area contributed by atoms with Gasteiger partial charge in [-0.3, -0.25) is 10.1 Å². The topological polar surface area (TPSA) is 110 Å². The van der Waals surface area contributed by atoms with Gasteiger partial charge in [-0.15, -0.1) is 0 Å². The molecule has 38 heavy (non-hydrogen) atoms. The van der Waals surface area contributed by atoms with Crippen molar-refractivity contribution in [1.29, 1.82) is 0 Å². The molecule has 4 rings (SSSR count). The molecule has 4 aromatic rings. The zero-order valence-electron chi connectivity index (χ0n) is 21.4. The van der Waals surface area contributed by atoms with Crippen molar-refractivity contribution in [2.24, 2.45) is 4.99 Å². The number of carbonyl (C=O) groups is 2. The molecule has 0 atom stereocenters. The van der Waals surface area contributed by atoms with E-state index in [1.807, 2.05) is 14.1 Å². The van der Waals surface area contributed by atoms with Crippen LogP contribution in [0.1, 0.15) is 11.1 Å². The molecule has 1 heterocycles. The Hall–Kier alpha value is -4.70. The van der Waals surface area contributed by atoms with E-state index in [1.54, 1.807) is 71.4 Å². The van der Waals surface area contributed by atoms with Gasteiger partial charge < -0.3 is 24.6 Å². The summed E-state index contributed by atoms with van der Waals surface area (Å²) in [4.78, 5) is 35.0. The summed E-state index contributed by atoms with van der Waals surface area (Å²) >= 11 is 0. The molecule has 3 N–H and O–H groups in total. The summed E-state index contributed by atoms with van der Waals surface area (Å²) in [6.07, 6.45) is -0.600. The molecule has 0 unspecified atom stereocenters. The third-order valence-electron chi connectivity index (χ3n) is 5.87. The number of nitrogens with zero attached hydrogens (tertiary/aromatic N) is 3. The monoisotopic (exact) mass is 517 g/mol. The lowest BCUT2D eigenvalue weighted by molar-refractivity contribution is -0.118. The maximum absolute atomic E-state index is 13.8. The first-order valence-corrected chi connectivity index (χ1v) is 11.7. The van der Waals surface area contributed by atoms with Gasteiger partial charge >= 0.3 is 6.09 Å². The van der Waals surface area contributed by atoms with Crippen molar-refractivity contribution in [3.63, 3.8) is 0 Å². The van der Waals surface area contributed by atoms with Gasteiger partial charge in [-0.05, 0) is 68.7 Å². The fourth-order valence-corrected chi connectivity index (χ4v) is 3.94. The number of aliphatic imine (C=N–C) groups is 1. The number of H-pyrrole nitrogens is 1. The van der Waals surface area contributed by atoms with E-state index >= 15 is 0 Å². The number of benzene rings is 3. The number of anilines is 2. The van der Waals surface area contributed by atoms with Gasteiger partial charge in [0.1, 0.15) is 5.82 Å². The van der Waals surface area contributed by atoms with Crippen LogP contribution in [0.4, 0.5) is 26.2 Å². The minimum Gasteiger partial charge on any atom is -0.494 e. The number of aromatic hydroxyl groups is 1. The Morgan fingerprint density at radius 1 is 1.03 bits per heavy atom. The molecule has 0 fully saturated rings. The lowest BCUT2D eigenvalue weighted by Crippen LogP contribution is -2.34. The summed E-state index contributed by atoms with van der Waals surface area (Å²) < 4.78 is 18.5. The van der Waals surface area contributed by atoms with Gasteiger partial charge in [0.25, 0.3) is 0 Å². The molecule has 196 valence electrons. The van der Waals surface area contributed by atoms with E-state index in [4.69, 9.17) is 4.99 Å². The molecule has 0 aliphatic rings. The van der Waals surface area contributed by atoms with Crippen molar-refractivity contribution in [2.75, 3.05) is 45.0 Å². The van der Waals surface area contributed by atoms with E-state index in [1.165, 1.54) is 19.2 Å². The highest BCUT2D eigenvalue weighted by Crippen LogP contribution is 2.32. The normalized spacial score (nSPS) is 11.6. The Bertz CT molecular complexity index is 1490. The van der Waals surface area contributed by atoms with E-state index < -0.39 is 11.9 Å². The molecule has 0 spiro atoms. The van der Waals surface area contributed by atoms with Crippen molar-refractivity contribution < 1.29 is 23.8 Å². The van der Waals surface area contributed by atoms with Crippen LogP contribution < -0.4 is 10.2 Å². The standard InChI is InChI=1S/C28H28FN5O4/c1-33(2)16-24(35)34(3)21-12-10-19(11-13-21)30-26(17-5-8-20(9-6-17)31-28(37)38-4)25-22-14-7-18(29)15-23(22)32-27(25)36/h5-15,32,36H,16H2,1-4H3,(H,31,37). The highest BCUT2D eigenvalue weighted by atomic mass is 19.1. The van der Waals surface area contributed by atoms with E-state index in [-0.39, 0.29) is 18.3 Å². The molecule has 0 saturated heterocycles. The molecular weight excluding hydrogens is 489 g/mol. The van der Waals surface area contributed by atoms with Crippen LogP contribution in [0.3, 0.4) is 0 Å². The lowest BCUT2D eigenvalue weighted by Gasteiger charge is -2.19. The summed E-state index contributed by atoms with van der Waals surface area (Å²) in [5.41, 5.74) is 3.69. The van der Waals surface area contributed by atoms with Crippen LogP contribution in [0, 0.1) is 5.82 Å². The summed E-state index contributed by atoms with van der Waals surface area (Å²) in [7, 11) is 6.65. The molecule has 0 aliphatic carbocycles. The maximum Gasteiger partial charge on any atom is 0.411 e. The number of aromatic amines is 1. The number of carbonyl (C=O) groups excluding carboxylic acids is 2. The van der Waals surface area contributed by atoms with Gasteiger partial charge in [-0.25, -0.2) is 14.2 Å². The van der Waals surface area contributed by atoms with Crippen molar-refractivity contribution in [1.82, 2.24) is 9.88 Å². The van der Waals surface area contributed by atoms with Crippen molar-refractivity contribution in [2.45, 2.75) is 0 Å². The average molecular weight is 518 g/mol. The number of aromatic nitrogens is 1. The number of methoxy groups -OCH3 is 1. The zero-order valence-corrected chi connectivity index (χ0v) is 21.4. The molecule has 0 saturated carbocycles. The van der Waals surface area contributed by atoms with Gasteiger partial charge in [0.05, 0.1) is 36.1 Å². The number of halogens is 1. The second-order valence-corrected chi connectivity index (χ2v) is 8.90. The molecule has 3 aromatic carbocycles. The van der Waals surface area contributed by atoms with Crippen LogP contribution in [0.2, 0.25) is 0 Å². The van der Waals surface area contributed by atoms with Crippen LogP contribution in [-0.2, 0) is 9.53 Å². The number of hydrogen-bond donors (Lipinski definition) is 3. The minimum absolute atomic E-state index is 0.0523. The van der Waals surface area contributed by atoms with Crippen LogP contribution in [0.5, 0.6) is 5.88 Å². The Morgan fingerprint density at radius 2 is 1.71 bits per heavy atom. The first-order valence-electron chi connectivity index (χ1n) is 11.7. The number of nitrogens with one attached hydrogen (secondary N) is 2. The van der Waals surface area contributed by atoms with E-state index in [0.29, 0.717) is 44.8 Å². The smallest absolute Gasteiger partial charge is 0.411 e. The summed E-state index contributed by atoms with van der Waals surface area (Å²) in [6.45, 7) is 0.280. The van der Waals surface area contributed by atoms with Crippen molar-refractivity contribution in [3.8, 4) is 5.88 Å². The van der Waals surface area contributed by atoms with Crippen LogP contribution in [0.25, 0.3) is 10.9 Å². The maximum atomic E-state index is 13.8. The summed E-state index contributed by atoms with van der Waals surface area (Å²) in [5.74, 6) is -0.652. The minimum atomic E-state index is -0.600. The number of likely N-dealkylation sites (N-methyl/N-ethyl adjacent to an activating group) is 2. The van der Waals surface area contributed by atoms with Crippen molar-refractivity contribution >= 4 is 45.7 Å². The summed E-state index contributed by atoms with van der Waals surface area (Å²) in [6, 6.07) is 18.2. The zero-order chi connectivity index (χ0) is 27.4. The van der Waals surface area contributed by atoms with Crippen LogP contribution >= 0.6 is 0 Å². The van der Waals surface area contributed by atoms with Gasteiger partial charge in [0, 0.05) is 29.4 Å². The Kier molecular flexibility index (Phi) is 7.73. The predicted octanol–water partition coefficient (Wildman–Crippen LogP) is 4.88. The average Bonchev–Trinajstić information content (AvgIpc) is 3.21. The molecule has 1 aromatic heterocycles. The molecule has 0 aliphatic heterocycles. The Labute approximate surface area is 219 Å². The number of hydrogen-bond acceptors (Lipinski definition) is 6. The second-order valence-electron chi connectivity index (χ2n) is 8.90. The van der Waals surface area contributed by atoms with E-state index in [9.17, 15) is 19.1 Å². The van der Waals surface area contributed by atoms with Gasteiger partial charge in [0.15, 0.2) is 5.88 Å². The number of fused-ring (bicyclic) bond motifs is 1.